The molecule has 0 aliphatic heterocycles. The molecule has 1 aromatic heterocycles. The van der Waals surface area contributed by atoms with Crippen molar-refractivity contribution in [3.05, 3.63) is 46.4 Å². The summed E-state index contributed by atoms with van der Waals surface area (Å²) in [6.45, 7) is 1.81. The summed E-state index contributed by atoms with van der Waals surface area (Å²) in [5.41, 5.74) is 1.40. The number of hydrogen-bond acceptors (Lipinski definition) is 3. The summed E-state index contributed by atoms with van der Waals surface area (Å²) in [5, 5.41) is 13.2. The van der Waals surface area contributed by atoms with Gasteiger partial charge in [-0.3, -0.25) is 14.6 Å². The van der Waals surface area contributed by atoms with Gasteiger partial charge in [0.1, 0.15) is 10.3 Å². The Hall–Kier alpha value is -1.93. The number of aromatic nitrogens is 2. The van der Waals surface area contributed by atoms with Gasteiger partial charge < -0.3 is 0 Å². The molecule has 0 aliphatic rings. The van der Waals surface area contributed by atoms with Gasteiger partial charge >= 0.3 is 0 Å². The van der Waals surface area contributed by atoms with E-state index in [0.717, 1.165) is 23.1 Å². The number of H-pyrrole nitrogens is 1. The second-order valence-electron chi connectivity index (χ2n) is 3.22. The smallest absolute Gasteiger partial charge is 0.267 e. The summed E-state index contributed by atoms with van der Waals surface area (Å²) >= 11 is 0.885. The maximum atomic E-state index is 11.6. The van der Waals surface area contributed by atoms with Crippen molar-refractivity contribution in [2.45, 2.75) is 11.8 Å². The van der Waals surface area contributed by atoms with Gasteiger partial charge in [-0.1, -0.05) is 18.2 Å². The van der Waals surface area contributed by atoms with Crippen LogP contribution in [0.3, 0.4) is 0 Å². The van der Waals surface area contributed by atoms with Gasteiger partial charge in [0.2, 0.25) is 0 Å². The van der Waals surface area contributed by atoms with Crippen LogP contribution in [0.4, 0.5) is 0 Å². The molecule has 1 aromatic carbocycles. The first kappa shape index (κ1) is 10.6. The van der Waals surface area contributed by atoms with Crippen LogP contribution in [0.15, 0.2) is 40.0 Å². The lowest BCUT2D eigenvalue weighted by atomic mass is 10.3. The Bertz CT molecular complexity index is 592. The molecular formula is C11H9N3OS. The standard InChI is InChI=1S/C11H9N3OS/c1-8-10(16-7-12)11(15)13-14(8)9-5-3-2-4-6-9/h2-6H,1H3,(H,13,15). The van der Waals surface area contributed by atoms with Crippen molar-refractivity contribution in [2.75, 3.05) is 0 Å². The van der Waals surface area contributed by atoms with Gasteiger partial charge in [0.05, 0.1) is 11.4 Å². The van der Waals surface area contributed by atoms with Gasteiger partial charge in [0.25, 0.3) is 5.56 Å². The third-order valence-corrected chi connectivity index (χ3v) is 3.02. The minimum absolute atomic E-state index is 0.229. The number of thioether (sulfide) groups is 1. The van der Waals surface area contributed by atoms with Gasteiger partial charge in [-0.05, 0) is 30.8 Å². The van der Waals surface area contributed by atoms with E-state index in [4.69, 9.17) is 5.26 Å². The quantitative estimate of drug-likeness (QED) is 0.635. The largest absolute Gasteiger partial charge is 0.279 e. The molecule has 1 heterocycles. The van der Waals surface area contributed by atoms with Gasteiger partial charge in [-0.15, -0.1) is 0 Å². The minimum Gasteiger partial charge on any atom is -0.267 e. The number of nitrogens with one attached hydrogen (secondary N) is 1. The first-order chi connectivity index (χ1) is 7.74. The molecule has 0 unspecified atom stereocenters. The topological polar surface area (TPSA) is 61.6 Å². The first-order valence-corrected chi connectivity index (χ1v) is 5.48. The summed E-state index contributed by atoms with van der Waals surface area (Å²) in [7, 11) is 0. The fraction of sp³-hybridized carbons (Fsp3) is 0.0909. The second kappa shape index (κ2) is 4.29. The summed E-state index contributed by atoms with van der Waals surface area (Å²) < 4.78 is 1.68. The molecule has 2 rings (SSSR count). The molecule has 2 aromatic rings. The fourth-order valence-corrected chi connectivity index (χ4v) is 1.97. The van der Waals surface area contributed by atoms with Crippen molar-refractivity contribution < 1.29 is 0 Å². The molecular weight excluding hydrogens is 222 g/mol. The van der Waals surface area contributed by atoms with E-state index in [1.165, 1.54) is 0 Å². The maximum Gasteiger partial charge on any atom is 0.279 e. The molecule has 80 valence electrons. The van der Waals surface area contributed by atoms with Crippen molar-refractivity contribution in [3.8, 4) is 11.1 Å². The molecule has 0 fully saturated rings. The highest BCUT2D eigenvalue weighted by molar-refractivity contribution is 8.03. The van der Waals surface area contributed by atoms with Gasteiger partial charge in [-0.2, -0.15) is 5.26 Å². The Balaban J connectivity index is 2.57. The Labute approximate surface area is 96.5 Å². The first-order valence-electron chi connectivity index (χ1n) is 4.67. The van der Waals surface area contributed by atoms with E-state index in [2.05, 4.69) is 5.10 Å². The second-order valence-corrected chi connectivity index (χ2v) is 4.01. The number of aromatic amines is 1. The normalized spacial score (nSPS) is 10.0. The summed E-state index contributed by atoms with van der Waals surface area (Å²) in [6.07, 6.45) is 0. The third kappa shape index (κ3) is 1.75. The van der Waals surface area contributed by atoms with Crippen LogP contribution in [-0.2, 0) is 0 Å². The minimum atomic E-state index is -0.229. The van der Waals surface area contributed by atoms with E-state index in [-0.39, 0.29) is 5.56 Å². The summed E-state index contributed by atoms with van der Waals surface area (Å²) in [4.78, 5) is 12.0. The summed E-state index contributed by atoms with van der Waals surface area (Å²) in [6, 6.07) is 9.48. The zero-order valence-corrected chi connectivity index (χ0v) is 9.41. The van der Waals surface area contributed by atoms with Crippen molar-refractivity contribution in [1.82, 2.24) is 9.78 Å². The SMILES string of the molecule is Cc1c(SC#N)c(=O)[nH]n1-c1ccccc1. The third-order valence-electron chi connectivity index (χ3n) is 2.25. The molecule has 0 saturated carbocycles. The van der Waals surface area contributed by atoms with Crippen molar-refractivity contribution in [2.24, 2.45) is 0 Å². The van der Waals surface area contributed by atoms with Crippen LogP contribution in [0, 0.1) is 17.6 Å². The van der Waals surface area contributed by atoms with Gasteiger partial charge in [0.15, 0.2) is 0 Å². The lowest BCUT2D eigenvalue weighted by Gasteiger charge is -2.04. The van der Waals surface area contributed by atoms with E-state index in [9.17, 15) is 4.79 Å². The van der Waals surface area contributed by atoms with Crippen LogP contribution in [0.1, 0.15) is 5.69 Å². The molecule has 5 heteroatoms. The number of hydrogen-bond donors (Lipinski definition) is 1. The van der Waals surface area contributed by atoms with Crippen LogP contribution in [0.2, 0.25) is 0 Å². The Morgan fingerprint density at radius 3 is 2.69 bits per heavy atom. The average Bonchev–Trinajstić information content (AvgIpc) is 2.59. The van der Waals surface area contributed by atoms with E-state index < -0.39 is 0 Å². The number of para-hydroxylation sites is 1. The van der Waals surface area contributed by atoms with Crippen LogP contribution in [0.25, 0.3) is 5.69 Å². The van der Waals surface area contributed by atoms with Crippen LogP contribution >= 0.6 is 11.8 Å². The van der Waals surface area contributed by atoms with E-state index in [1.807, 2.05) is 42.7 Å². The average molecular weight is 231 g/mol. The molecule has 4 nitrogen and oxygen atoms in total. The molecule has 16 heavy (non-hydrogen) atoms. The van der Waals surface area contributed by atoms with E-state index in [0.29, 0.717) is 4.90 Å². The molecule has 0 radical (unpaired) electrons. The van der Waals surface area contributed by atoms with Crippen LogP contribution in [0.5, 0.6) is 0 Å². The number of nitriles is 1. The van der Waals surface area contributed by atoms with Crippen molar-refractivity contribution in [1.29, 1.82) is 5.26 Å². The van der Waals surface area contributed by atoms with E-state index >= 15 is 0 Å². The van der Waals surface area contributed by atoms with Gasteiger partial charge in [0, 0.05) is 0 Å². The number of benzene rings is 1. The van der Waals surface area contributed by atoms with Crippen LogP contribution < -0.4 is 5.56 Å². The molecule has 0 atom stereocenters. The predicted molar refractivity (Wildman–Crippen MR) is 62.6 cm³/mol. The highest BCUT2D eigenvalue weighted by Crippen LogP contribution is 2.19. The van der Waals surface area contributed by atoms with Crippen molar-refractivity contribution >= 4 is 11.8 Å². The lowest BCUT2D eigenvalue weighted by molar-refractivity contribution is 0.833. The highest BCUT2D eigenvalue weighted by atomic mass is 32.2. The zero-order chi connectivity index (χ0) is 11.5. The number of thiocyanates is 1. The fourth-order valence-electron chi connectivity index (χ4n) is 1.50. The summed E-state index contributed by atoms with van der Waals surface area (Å²) in [5.74, 6) is 0. The molecule has 0 bridgehead atoms. The lowest BCUT2D eigenvalue weighted by Crippen LogP contribution is -2.04. The number of rotatable bonds is 2. The predicted octanol–water partition coefficient (Wildman–Crippen LogP) is 2.05. The molecule has 0 spiro atoms. The Kier molecular flexibility index (Phi) is 2.84. The molecule has 0 aliphatic carbocycles. The Morgan fingerprint density at radius 1 is 1.38 bits per heavy atom. The van der Waals surface area contributed by atoms with Crippen LogP contribution in [-0.4, -0.2) is 9.78 Å². The Morgan fingerprint density at radius 2 is 2.06 bits per heavy atom. The van der Waals surface area contributed by atoms with E-state index in [1.54, 1.807) is 4.68 Å². The monoisotopic (exact) mass is 231 g/mol. The zero-order valence-electron chi connectivity index (χ0n) is 8.60. The van der Waals surface area contributed by atoms with Crippen molar-refractivity contribution in [3.63, 3.8) is 0 Å². The highest BCUT2D eigenvalue weighted by Gasteiger charge is 2.12. The van der Waals surface area contributed by atoms with Gasteiger partial charge in [-0.25, -0.2) is 0 Å². The maximum absolute atomic E-state index is 11.6. The molecule has 0 saturated heterocycles. The number of nitrogens with zero attached hydrogens (tertiary/aromatic N) is 2. The molecule has 0 amide bonds. The molecule has 1 N–H and O–H groups in total.